The fourth-order valence-electron chi connectivity index (χ4n) is 3.87. The van der Waals surface area contributed by atoms with Crippen LogP contribution in [0.4, 0.5) is 5.69 Å². The number of benzene rings is 2. The lowest BCUT2D eigenvalue weighted by Gasteiger charge is -2.33. The highest BCUT2D eigenvalue weighted by molar-refractivity contribution is 5.96. The van der Waals surface area contributed by atoms with Crippen molar-refractivity contribution >= 4 is 17.5 Å². The molecule has 0 spiro atoms. The summed E-state index contributed by atoms with van der Waals surface area (Å²) in [6.45, 7) is 0.496. The molecule has 5 nitrogen and oxygen atoms in total. The van der Waals surface area contributed by atoms with Crippen LogP contribution in [0.5, 0.6) is 0 Å². The summed E-state index contributed by atoms with van der Waals surface area (Å²) in [5.74, 6) is -0.323. The number of carbonyl (C=O) groups is 2. The van der Waals surface area contributed by atoms with Crippen LogP contribution in [0, 0.1) is 0 Å². The van der Waals surface area contributed by atoms with Gasteiger partial charge in [0.1, 0.15) is 0 Å². The molecule has 1 fully saturated rings. The zero-order chi connectivity index (χ0) is 20.6. The van der Waals surface area contributed by atoms with Gasteiger partial charge in [-0.1, -0.05) is 49.6 Å². The second-order valence-electron chi connectivity index (χ2n) is 7.87. The fourth-order valence-corrected chi connectivity index (χ4v) is 3.87. The van der Waals surface area contributed by atoms with E-state index in [0.29, 0.717) is 18.2 Å². The maximum Gasteiger partial charge on any atom is 0.254 e. The van der Waals surface area contributed by atoms with Crippen molar-refractivity contribution in [3.8, 4) is 0 Å². The number of amides is 2. The van der Waals surface area contributed by atoms with Crippen molar-refractivity contribution in [2.24, 2.45) is 0 Å². The normalized spacial score (nSPS) is 14.3. The summed E-state index contributed by atoms with van der Waals surface area (Å²) in [7, 11) is 3.82. The molecule has 1 N–H and O–H groups in total. The quantitative estimate of drug-likeness (QED) is 0.778. The minimum atomic E-state index is -0.166. The van der Waals surface area contributed by atoms with Crippen LogP contribution in [0.1, 0.15) is 48.0 Å². The van der Waals surface area contributed by atoms with Crippen LogP contribution < -0.4 is 10.2 Å². The van der Waals surface area contributed by atoms with Crippen LogP contribution in [0.15, 0.2) is 54.6 Å². The van der Waals surface area contributed by atoms with E-state index in [0.717, 1.165) is 5.56 Å². The molecule has 0 radical (unpaired) electrons. The molecule has 5 heteroatoms. The summed E-state index contributed by atoms with van der Waals surface area (Å²) >= 11 is 0. The van der Waals surface area contributed by atoms with Crippen molar-refractivity contribution in [1.29, 1.82) is 0 Å². The Morgan fingerprint density at radius 2 is 1.59 bits per heavy atom. The average molecular weight is 394 g/mol. The molecule has 0 saturated heterocycles. The third-order valence-corrected chi connectivity index (χ3v) is 5.70. The Labute approximate surface area is 173 Å². The van der Waals surface area contributed by atoms with Crippen molar-refractivity contribution in [2.75, 3.05) is 25.5 Å². The molecule has 1 saturated carbocycles. The Morgan fingerprint density at radius 3 is 2.24 bits per heavy atom. The number of nitrogens with zero attached hydrogens (tertiary/aromatic N) is 2. The van der Waals surface area contributed by atoms with E-state index in [2.05, 4.69) is 41.5 Å². The topological polar surface area (TPSA) is 52.7 Å². The average Bonchev–Trinajstić information content (AvgIpc) is 2.78. The number of anilines is 1. The number of nitrogens with one attached hydrogen (secondary N) is 1. The molecule has 2 amide bonds. The van der Waals surface area contributed by atoms with Crippen molar-refractivity contribution in [3.05, 3.63) is 65.7 Å². The lowest BCUT2D eigenvalue weighted by atomic mass is 9.94. The summed E-state index contributed by atoms with van der Waals surface area (Å²) in [6, 6.07) is 18.0. The standard InChI is InChI=1S/C24H31N3O2/c1-26(24(29)20-9-5-3-6-10-20)18-23(28)25-17-19-13-15-22(16-14-19)27(2)21-11-7-4-8-12-21/h3,5-6,9-10,13-16,21H,4,7-8,11-12,17-18H2,1-2H3,(H,25,28). The molecular weight excluding hydrogens is 362 g/mol. The molecule has 29 heavy (non-hydrogen) atoms. The third-order valence-electron chi connectivity index (χ3n) is 5.70. The van der Waals surface area contributed by atoms with Gasteiger partial charge >= 0.3 is 0 Å². The maximum atomic E-state index is 12.3. The highest BCUT2D eigenvalue weighted by atomic mass is 16.2. The molecule has 0 atom stereocenters. The number of hydrogen-bond acceptors (Lipinski definition) is 3. The van der Waals surface area contributed by atoms with Gasteiger partial charge in [-0.3, -0.25) is 9.59 Å². The number of rotatable bonds is 7. The van der Waals surface area contributed by atoms with Gasteiger partial charge in [0.05, 0.1) is 6.54 Å². The Kier molecular flexibility index (Phi) is 7.28. The number of hydrogen-bond donors (Lipinski definition) is 1. The largest absolute Gasteiger partial charge is 0.372 e. The molecule has 3 rings (SSSR count). The minimum Gasteiger partial charge on any atom is -0.372 e. The molecular formula is C24H31N3O2. The Balaban J connectivity index is 1.46. The van der Waals surface area contributed by atoms with Crippen LogP contribution in [-0.2, 0) is 11.3 Å². The molecule has 2 aromatic rings. The summed E-state index contributed by atoms with van der Waals surface area (Å²) in [4.78, 5) is 28.4. The highest BCUT2D eigenvalue weighted by Gasteiger charge is 2.18. The van der Waals surface area contributed by atoms with E-state index >= 15 is 0 Å². The van der Waals surface area contributed by atoms with E-state index < -0.39 is 0 Å². The third kappa shape index (κ3) is 5.83. The SMILES string of the molecule is CN(CC(=O)NCc1ccc(N(C)C2CCCCC2)cc1)C(=O)c1ccccc1. The molecule has 0 aliphatic heterocycles. The van der Waals surface area contributed by atoms with Gasteiger partial charge in [-0.25, -0.2) is 0 Å². The molecule has 2 aromatic carbocycles. The van der Waals surface area contributed by atoms with Gasteiger partial charge in [0.25, 0.3) is 5.91 Å². The Bertz CT molecular complexity index is 799. The van der Waals surface area contributed by atoms with Crippen molar-refractivity contribution in [1.82, 2.24) is 10.2 Å². The first-order chi connectivity index (χ1) is 14.0. The summed E-state index contributed by atoms with van der Waals surface area (Å²) in [6.07, 6.45) is 6.53. The first kappa shape index (κ1) is 20.9. The lowest BCUT2D eigenvalue weighted by molar-refractivity contribution is -0.121. The summed E-state index contributed by atoms with van der Waals surface area (Å²) < 4.78 is 0. The molecule has 154 valence electrons. The Hall–Kier alpha value is -2.82. The summed E-state index contributed by atoms with van der Waals surface area (Å²) in [5.41, 5.74) is 2.86. The second-order valence-corrected chi connectivity index (χ2v) is 7.87. The van der Waals surface area contributed by atoms with E-state index in [4.69, 9.17) is 0 Å². The number of carbonyl (C=O) groups excluding carboxylic acids is 2. The van der Waals surface area contributed by atoms with Gasteiger partial charge in [-0.15, -0.1) is 0 Å². The van der Waals surface area contributed by atoms with E-state index in [1.807, 2.05) is 18.2 Å². The lowest BCUT2D eigenvalue weighted by Crippen LogP contribution is -2.38. The molecule has 1 aliphatic rings. The number of likely N-dealkylation sites (N-methyl/N-ethyl adjacent to an activating group) is 1. The molecule has 1 aliphatic carbocycles. The van der Waals surface area contributed by atoms with Crippen LogP contribution in [0.2, 0.25) is 0 Å². The summed E-state index contributed by atoms with van der Waals surface area (Å²) in [5, 5.41) is 2.90. The molecule has 0 bridgehead atoms. The predicted octanol–water partition coefficient (Wildman–Crippen LogP) is 3.84. The van der Waals surface area contributed by atoms with E-state index in [1.165, 1.54) is 42.7 Å². The zero-order valence-electron chi connectivity index (χ0n) is 17.4. The maximum absolute atomic E-state index is 12.3. The first-order valence-electron chi connectivity index (χ1n) is 10.4. The monoisotopic (exact) mass is 393 g/mol. The van der Waals surface area contributed by atoms with Crippen LogP contribution >= 0.6 is 0 Å². The smallest absolute Gasteiger partial charge is 0.254 e. The zero-order valence-corrected chi connectivity index (χ0v) is 17.4. The van der Waals surface area contributed by atoms with Crippen molar-refractivity contribution < 1.29 is 9.59 Å². The minimum absolute atomic E-state index is 0.0379. The van der Waals surface area contributed by atoms with E-state index in [9.17, 15) is 9.59 Å². The Morgan fingerprint density at radius 1 is 0.931 bits per heavy atom. The van der Waals surface area contributed by atoms with E-state index in [1.54, 1.807) is 19.2 Å². The second kappa shape index (κ2) is 10.1. The molecule has 0 unspecified atom stereocenters. The van der Waals surface area contributed by atoms with Crippen molar-refractivity contribution in [2.45, 2.75) is 44.7 Å². The van der Waals surface area contributed by atoms with Crippen LogP contribution in [0.25, 0.3) is 0 Å². The van der Waals surface area contributed by atoms with Gasteiger partial charge < -0.3 is 15.1 Å². The molecule has 0 heterocycles. The van der Waals surface area contributed by atoms with Crippen LogP contribution in [-0.4, -0.2) is 43.4 Å². The van der Waals surface area contributed by atoms with Gasteiger partial charge in [0, 0.05) is 37.9 Å². The van der Waals surface area contributed by atoms with Gasteiger partial charge in [0.2, 0.25) is 5.91 Å². The highest BCUT2D eigenvalue weighted by Crippen LogP contribution is 2.26. The molecule has 0 aromatic heterocycles. The van der Waals surface area contributed by atoms with E-state index in [-0.39, 0.29) is 18.4 Å². The van der Waals surface area contributed by atoms with Gasteiger partial charge in [-0.05, 0) is 42.7 Å². The van der Waals surface area contributed by atoms with Crippen molar-refractivity contribution in [3.63, 3.8) is 0 Å². The van der Waals surface area contributed by atoms with Gasteiger partial charge in [-0.2, -0.15) is 0 Å². The van der Waals surface area contributed by atoms with Gasteiger partial charge in [0.15, 0.2) is 0 Å². The fraction of sp³-hybridized carbons (Fsp3) is 0.417. The predicted molar refractivity (Wildman–Crippen MR) is 117 cm³/mol. The first-order valence-corrected chi connectivity index (χ1v) is 10.4. The van der Waals surface area contributed by atoms with Crippen LogP contribution in [0.3, 0.4) is 0 Å².